The van der Waals surface area contributed by atoms with Crippen LogP contribution in [0.2, 0.25) is 5.02 Å². The Bertz CT molecular complexity index is 1370. The van der Waals surface area contributed by atoms with Crippen LogP contribution in [0.3, 0.4) is 0 Å². The van der Waals surface area contributed by atoms with Gasteiger partial charge in [0.05, 0.1) is 0 Å². The molecule has 0 heterocycles. The fraction of sp³-hybridized carbons (Fsp3) is 0.143. The number of halogens is 3. The molecule has 0 aromatic heterocycles. The van der Waals surface area contributed by atoms with Gasteiger partial charge in [-0.25, -0.2) is 0 Å². The summed E-state index contributed by atoms with van der Waals surface area (Å²) >= 11 is 14.3. The molecule has 0 bridgehead atoms. The third-order valence-electron chi connectivity index (χ3n) is 6.90. The monoisotopic (exact) mass is 592 g/mol. The second kappa shape index (κ2) is 10.0. The molecule has 0 nitrogen and oxygen atoms in total. The Hall–Kier alpha value is -1.61. The highest BCUT2D eigenvalue weighted by atomic mass is 79.9. The van der Waals surface area contributed by atoms with Gasteiger partial charge in [-0.3, -0.25) is 0 Å². The van der Waals surface area contributed by atoms with Crippen molar-refractivity contribution in [3.63, 3.8) is 0 Å². The first-order valence-corrected chi connectivity index (χ1v) is 13.0. The van der Waals surface area contributed by atoms with Gasteiger partial charge in [-0.15, -0.1) is 10.9 Å². The van der Waals surface area contributed by atoms with Crippen LogP contribution >= 0.6 is 43.5 Å². The van der Waals surface area contributed by atoms with Gasteiger partial charge in [0.2, 0.25) is 0 Å². The molecular weight excluding hydrogens is 575 g/mol. The van der Waals surface area contributed by atoms with Crippen LogP contribution in [-0.2, 0) is 0 Å². The van der Waals surface area contributed by atoms with Crippen molar-refractivity contribution in [1.82, 2.24) is 0 Å². The van der Waals surface area contributed by atoms with Crippen molar-refractivity contribution in [3.8, 4) is 33.4 Å². The maximum absolute atomic E-state index is 6.71. The lowest BCUT2D eigenvalue weighted by molar-refractivity contribution is 1.20. The van der Waals surface area contributed by atoms with Crippen LogP contribution < -0.4 is 21.9 Å². The van der Waals surface area contributed by atoms with Gasteiger partial charge in [0.1, 0.15) is 31.4 Å². The summed E-state index contributed by atoms with van der Waals surface area (Å²) in [7, 11) is 24.9. The molecular formula is C28H19B4Br2Cl. The van der Waals surface area contributed by atoms with Crippen LogP contribution in [0.5, 0.6) is 0 Å². The molecule has 0 amide bonds. The summed E-state index contributed by atoms with van der Waals surface area (Å²) in [6, 6.07) is 14.4. The number of rotatable bonds is 3. The zero-order valence-corrected chi connectivity index (χ0v) is 23.9. The summed E-state index contributed by atoms with van der Waals surface area (Å²) in [4.78, 5) is 0. The van der Waals surface area contributed by atoms with Gasteiger partial charge in [-0.1, -0.05) is 56.7 Å². The predicted molar refractivity (Wildman–Crippen MR) is 164 cm³/mol. The van der Waals surface area contributed by atoms with Gasteiger partial charge in [0, 0.05) is 14.0 Å². The van der Waals surface area contributed by atoms with Crippen LogP contribution in [0.4, 0.5) is 0 Å². The highest BCUT2D eigenvalue weighted by molar-refractivity contribution is 9.11. The van der Waals surface area contributed by atoms with Crippen molar-refractivity contribution in [3.05, 3.63) is 78.7 Å². The first-order valence-electron chi connectivity index (χ1n) is 11.0. The fourth-order valence-electron chi connectivity index (χ4n) is 4.46. The molecule has 0 aliphatic heterocycles. The zero-order chi connectivity index (χ0) is 25.8. The van der Waals surface area contributed by atoms with Gasteiger partial charge in [0.25, 0.3) is 0 Å². The molecule has 4 aromatic carbocycles. The Morgan fingerprint density at radius 2 is 1.11 bits per heavy atom. The molecule has 4 aromatic rings. The lowest BCUT2D eigenvalue weighted by atomic mass is 9.64. The van der Waals surface area contributed by atoms with E-state index in [1.165, 1.54) is 22.3 Å². The molecule has 0 spiro atoms. The minimum Gasteiger partial charge on any atom is -0.110 e. The Kier molecular flexibility index (Phi) is 7.59. The van der Waals surface area contributed by atoms with Gasteiger partial charge in [0.15, 0.2) is 0 Å². The largest absolute Gasteiger partial charge is 0.115 e. The molecule has 164 valence electrons. The van der Waals surface area contributed by atoms with Gasteiger partial charge >= 0.3 is 0 Å². The molecule has 7 heteroatoms. The number of hydrogen-bond donors (Lipinski definition) is 0. The van der Waals surface area contributed by atoms with E-state index in [0.717, 1.165) is 36.8 Å². The molecule has 0 N–H and O–H groups in total. The maximum Gasteiger partial charge on any atom is 0.115 e. The zero-order valence-electron chi connectivity index (χ0n) is 20.0. The van der Waals surface area contributed by atoms with E-state index in [4.69, 9.17) is 43.0 Å². The predicted octanol–water partition coefficient (Wildman–Crippen LogP) is 5.27. The van der Waals surface area contributed by atoms with E-state index in [2.05, 4.69) is 77.8 Å². The van der Waals surface area contributed by atoms with E-state index in [1.807, 2.05) is 24.3 Å². The van der Waals surface area contributed by atoms with Crippen molar-refractivity contribution in [2.45, 2.75) is 27.7 Å². The Morgan fingerprint density at radius 3 is 1.74 bits per heavy atom. The van der Waals surface area contributed by atoms with E-state index < -0.39 is 0 Å². The molecule has 8 radical (unpaired) electrons. The van der Waals surface area contributed by atoms with E-state index in [-0.39, 0.29) is 21.4 Å². The second-order valence-corrected chi connectivity index (χ2v) is 10.8. The summed E-state index contributed by atoms with van der Waals surface area (Å²) in [6.07, 6.45) is 0. The SMILES string of the molecule is [B]c1c([B])c([B])c(-c2cc(-c3ccccc3Br)cc(-c3c(C)c(C)c(C)c(C)c3Br)c2)c(Cl)c1[B]. The van der Waals surface area contributed by atoms with Crippen LogP contribution in [0.1, 0.15) is 22.3 Å². The van der Waals surface area contributed by atoms with Crippen molar-refractivity contribution in [2.24, 2.45) is 0 Å². The first-order chi connectivity index (χ1) is 16.5. The molecule has 35 heavy (non-hydrogen) atoms. The van der Waals surface area contributed by atoms with Crippen molar-refractivity contribution in [1.29, 1.82) is 0 Å². The van der Waals surface area contributed by atoms with Crippen LogP contribution in [0.25, 0.3) is 33.4 Å². The fourth-order valence-corrected chi connectivity index (χ4v) is 6.11. The summed E-state index contributed by atoms with van der Waals surface area (Å²) in [5, 5.41) is 0.288. The summed E-state index contributed by atoms with van der Waals surface area (Å²) in [5.41, 5.74) is 11.4. The molecule has 0 unspecified atom stereocenters. The van der Waals surface area contributed by atoms with Gasteiger partial charge < -0.3 is 0 Å². The highest BCUT2D eigenvalue weighted by Crippen LogP contribution is 2.42. The molecule has 0 fully saturated rings. The van der Waals surface area contributed by atoms with E-state index in [0.29, 0.717) is 11.0 Å². The van der Waals surface area contributed by atoms with E-state index in [9.17, 15) is 0 Å². The third-order valence-corrected chi connectivity index (χ3v) is 8.98. The smallest absolute Gasteiger partial charge is 0.110 e. The van der Waals surface area contributed by atoms with Crippen LogP contribution in [0.15, 0.2) is 51.4 Å². The second-order valence-electron chi connectivity index (χ2n) is 8.81. The minimum atomic E-state index is 0.196. The van der Waals surface area contributed by atoms with Crippen LogP contribution in [-0.4, -0.2) is 31.4 Å². The summed E-state index contributed by atoms with van der Waals surface area (Å²) < 4.78 is 2.04. The lowest BCUT2D eigenvalue weighted by Gasteiger charge is -2.22. The maximum atomic E-state index is 6.71. The molecule has 4 rings (SSSR count). The first kappa shape index (κ1) is 26.5. The topological polar surface area (TPSA) is 0 Å². The third kappa shape index (κ3) is 4.52. The Labute approximate surface area is 235 Å². The number of hydrogen-bond acceptors (Lipinski definition) is 0. The average Bonchev–Trinajstić information content (AvgIpc) is 2.84. The number of benzene rings is 4. The molecule has 0 saturated carbocycles. The van der Waals surface area contributed by atoms with Crippen molar-refractivity contribution < 1.29 is 0 Å². The van der Waals surface area contributed by atoms with Gasteiger partial charge in [-0.2, -0.15) is 0 Å². The molecule has 0 saturated heterocycles. The molecule has 0 aliphatic rings. The van der Waals surface area contributed by atoms with E-state index >= 15 is 0 Å². The quantitative estimate of drug-likeness (QED) is 0.284. The average molecular weight is 594 g/mol. The minimum absolute atomic E-state index is 0.196. The summed E-state index contributed by atoms with van der Waals surface area (Å²) in [5.74, 6) is 0. The van der Waals surface area contributed by atoms with Crippen molar-refractivity contribution >= 4 is 96.7 Å². The van der Waals surface area contributed by atoms with E-state index in [1.54, 1.807) is 0 Å². The highest BCUT2D eigenvalue weighted by Gasteiger charge is 2.20. The normalized spacial score (nSPS) is 11.2. The Morgan fingerprint density at radius 1 is 0.600 bits per heavy atom. The lowest BCUT2D eigenvalue weighted by Crippen LogP contribution is -2.48. The standard InChI is InChI=1S/C28H19B4Br2Cl/c1-12-13(2)15(4)27(34)21(14(12)3)17-9-16(19-7-5-6-8-20(19)33)10-18(11-17)22-23(29)24(30)25(31)26(32)28(22)35/h5-11H,1-4H3. The summed E-state index contributed by atoms with van der Waals surface area (Å²) in [6.45, 7) is 8.58. The van der Waals surface area contributed by atoms with Crippen molar-refractivity contribution in [2.75, 3.05) is 0 Å². The van der Waals surface area contributed by atoms with Gasteiger partial charge in [-0.05, 0) is 124 Å². The van der Waals surface area contributed by atoms with Crippen LogP contribution in [0, 0.1) is 27.7 Å². The Balaban J connectivity index is 2.15. The molecule has 0 atom stereocenters. The molecule has 0 aliphatic carbocycles.